The minimum absolute atomic E-state index is 0.0979. The Bertz CT molecular complexity index is 1380. The van der Waals surface area contributed by atoms with Crippen LogP contribution in [-0.4, -0.2) is 76.8 Å². The number of nitrogens with two attached hydrogens (primary N) is 1. The lowest BCUT2D eigenvalue weighted by atomic mass is 10.2. The Hall–Kier alpha value is -3.69. The molecule has 0 aliphatic heterocycles. The summed E-state index contributed by atoms with van der Waals surface area (Å²) in [5, 5.41) is 7.46. The van der Waals surface area contributed by atoms with E-state index >= 15 is 0 Å². The van der Waals surface area contributed by atoms with Crippen LogP contribution < -0.4 is 15.2 Å². The van der Waals surface area contributed by atoms with E-state index in [0.29, 0.717) is 22.4 Å². The van der Waals surface area contributed by atoms with E-state index in [-0.39, 0.29) is 17.6 Å². The standard InChI is InChI=1S/C21H27ClN10O4S/c1-12(18(24-3)27-11-23)32-20(15-7-6-8-16(28-15)35-4)29-30-21(32)31-37(33,34)13(2)17(36-5)19-25-9-14(22)10-26-19/h6-13,17H,1-5H3,(H,30,31)(H2,23,24,27)/t12-,13-,17-/m0/s1. The van der Waals surface area contributed by atoms with E-state index in [2.05, 4.69) is 39.9 Å². The first-order valence-electron chi connectivity index (χ1n) is 10.9. The Morgan fingerprint density at radius 3 is 2.51 bits per heavy atom. The van der Waals surface area contributed by atoms with E-state index < -0.39 is 27.4 Å². The quantitative estimate of drug-likeness (QED) is 0.279. The number of ether oxygens (including phenoxy) is 2. The number of nitrogens with zero attached hydrogens (tertiary/aromatic N) is 8. The van der Waals surface area contributed by atoms with Crippen LogP contribution in [0.4, 0.5) is 5.95 Å². The number of aromatic nitrogens is 6. The SMILES string of the molecule is CN=C(N=CN)[C@H](C)n1c(NS(=O)(=O)[C@@H](C)[C@H](OC)c2ncc(Cl)cn2)nnc1-c1cccc(OC)n1. The van der Waals surface area contributed by atoms with Crippen LogP contribution in [0.15, 0.2) is 40.6 Å². The fourth-order valence-corrected chi connectivity index (χ4v) is 4.69. The van der Waals surface area contributed by atoms with Crippen molar-refractivity contribution in [1.29, 1.82) is 0 Å². The summed E-state index contributed by atoms with van der Waals surface area (Å²) in [6, 6.07) is 4.43. The second-order valence-electron chi connectivity index (χ2n) is 7.59. The molecule has 37 heavy (non-hydrogen) atoms. The average Bonchev–Trinajstić information content (AvgIpc) is 3.31. The monoisotopic (exact) mass is 550 g/mol. The highest BCUT2D eigenvalue weighted by Gasteiger charge is 2.35. The molecule has 14 nitrogen and oxygen atoms in total. The molecule has 3 N–H and O–H groups in total. The lowest BCUT2D eigenvalue weighted by molar-refractivity contribution is 0.0950. The van der Waals surface area contributed by atoms with Crippen LogP contribution in [0.1, 0.15) is 31.8 Å². The van der Waals surface area contributed by atoms with Crippen molar-refractivity contribution >= 4 is 39.7 Å². The van der Waals surface area contributed by atoms with Gasteiger partial charge in [-0.15, -0.1) is 10.2 Å². The van der Waals surface area contributed by atoms with Crippen molar-refractivity contribution in [2.24, 2.45) is 15.7 Å². The zero-order chi connectivity index (χ0) is 27.2. The number of sulfonamides is 1. The molecule has 0 aliphatic rings. The number of amidine groups is 1. The number of rotatable bonds is 10. The summed E-state index contributed by atoms with van der Waals surface area (Å²) in [5.41, 5.74) is 5.87. The van der Waals surface area contributed by atoms with Gasteiger partial charge in [0.2, 0.25) is 21.9 Å². The number of aliphatic imine (C=N–C) groups is 2. The van der Waals surface area contributed by atoms with Gasteiger partial charge < -0.3 is 15.2 Å². The number of hydrogen-bond donors (Lipinski definition) is 2. The van der Waals surface area contributed by atoms with Crippen molar-refractivity contribution in [2.75, 3.05) is 26.0 Å². The maximum atomic E-state index is 13.5. The Morgan fingerprint density at radius 1 is 1.22 bits per heavy atom. The van der Waals surface area contributed by atoms with E-state index in [1.807, 2.05) is 0 Å². The van der Waals surface area contributed by atoms with Crippen molar-refractivity contribution in [3.63, 3.8) is 0 Å². The second-order valence-corrected chi connectivity index (χ2v) is 10.1. The molecule has 3 rings (SSSR count). The summed E-state index contributed by atoms with van der Waals surface area (Å²) in [4.78, 5) is 20.8. The van der Waals surface area contributed by atoms with E-state index in [4.69, 9.17) is 26.8 Å². The number of halogens is 1. The molecular weight excluding hydrogens is 524 g/mol. The Morgan fingerprint density at radius 2 is 1.92 bits per heavy atom. The molecule has 3 aromatic rings. The molecule has 3 heterocycles. The lowest BCUT2D eigenvalue weighted by Crippen LogP contribution is -2.34. The van der Waals surface area contributed by atoms with Gasteiger partial charge in [0.15, 0.2) is 11.6 Å². The average molecular weight is 551 g/mol. The molecule has 0 saturated carbocycles. The topological polar surface area (TPSA) is 185 Å². The smallest absolute Gasteiger partial charge is 0.240 e. The van der Waals surface area contributed by atoms with Crippen LogP contribution in [-0.2, 0) is 14.8 Å². The van der Waals surface area contributed by atoms with Gasteiger partial charge in [-0.05, 0) is 19.9 Å². The molecule has 0 aliphatic carbocycles. The van der Waals surface area contributed by atoms with Crippen LogP contribution in [0, 0.1) is 0 Å². The van der Waals surface area contributed by atoms with Crippen molar-refractivity contribution in [3.05, 3.63) is 41.4 Å². The van der Waals surface area contributed by atoms with Crippen molar-refractivity contribution < 1.29 is 17.9 Å². The van der Waals surface area contributed by atoms with E-state index in [1.165, 1.54) is 45.2 Å². The summed E-state index contributed by atoms with van der Waals surface area (Å²) >= 11 is 5.86. The highest BCUT2D eigenvalue weighted by Crippen LogP contribution is 2.29. The summed E-state index contributed by atoms with van der Waals surface area (Å²) in [5.74, 6) is 0.933. The molecule has 0 unspecified atom stereocenters. The number of methoxy groups -OCH3 is 2. The Balaban J connectivity index is 2.07. The van der Waals surface area contributed by atoms with E-state index in [0.717, 1.165) is 6.34 Å². The zero-order valence-corrected chi connectivity index (χ0v) is 22.3. The van der Waals surface area contributed by atoms with Crippen LogP contribution in [0.2, 0.25) is 5.02 Å². The first-order chi connectivity index (χ1) is 17.7. The molecule has 0 saturated heterocycles. The Kier molecular flexibility index (Phi) is 9.07. The third-order valence-electron chi connectivity index (χ3n) is 5.35. The molecule has 3 aromatic heterocycles. The largest absolute Gasteiger partial charge is 0.481 e. The second kappa shape index (κ2) is 12.0. The molecule has 0 fully saturated rings. The molecular formula is C21H27ClN10O4S. The third-order valence-corrected chi connectivity index (χ3v) is 7.24. The highest BCUT2D eigenvalue weighted by molar-refractivity contribution is 7.93. The fraction of sp³-hybridized carbons (Fsp3) is 0.381. The first kappa shape index (κ1) is 27.9. The number of nitrogens with one attached hydrogen (secondary N) is 1. The fourth-order valence-electron chi connectivity index (χ4n) is 3.46. The van der Waals surface area contributed by atoms with Gasteiger partial charge >= 0.3 is 0 Å². The van der Waals surface area contributed by atoms with Crippen LogP contribution in [0.5, 0.6) is 5.88 Å². The Labute approximate surface area is 219 Å². The lowest BCUT2D eigenvalue weighted by Gasteiger charge is -2.23. The zero-order valence-electron chi connectivity index (χ0n) is 20.8. The maximum absolute atomic E-state index is 13.5. The third kappa shape index (κ3) is 6.18. The first-order valence-corrected chi connectivity index (χ1v) is 12.8. The van der Waals surface area contributed by atoms with Gasteiger partial charge in [0.05, 0.1) is 24.5 Å². The normalized spacial score (nSPS) is 14.9. The van der Waals surface area contributed by atoms with Crippen molar-refractivity contribution in [1.82, 2.24) is 29.7 Å². The van der Waals surface area contributed by atoms with Crippen molar-refractivity contribution in [2.45, 2.75) is 31.2 Å². The molecule has 3 atom stereocenters. The van der Waals surface area contributed by atoms with E-state index in [1.54, 1.807) is 25.1 Å². The molecule has 0 spiro atoms. The van der Waals surface area contributed by atoms with Gasteiger partial charge in [-0.25, -0.2) is 28.4 Å². The summed E-state index contributed by atoms with van der Waals surface area (Å²) in [6.45, 7) is 3.20. The predicted molar refractivity (Wildman–Crippen MR) is 139 cm³/mol. The van der Waals surface area contributed by atoms with E-state index in [9.17, 15) is 8.42 Å². The molecule has 0 radical (unpaired) electrons. The molecule has 0 bridgehead atoms. The van der Waals surface area contributed by atoms with Gasteiger partial charge in [0, 0.05) is 32.6 Å². The van der Waals surface area contributed by atoms with Gasteiger partial charge in [-0.2, -0.15) is 0 Å². The van der Waals surface area contributed by atoms with Crippen molar-refractivity contribution in [3.8, 4) is 17.4 Å². The molecule has 198 valence electrons. The number of hydrogen-bond acceptors (Lipinski definition) is 10. The molecule has 0 amide bonds. The minimum Gasteiger partial charge on any atom is -0.481 e. The molecule has 16 heteroatoms. The number of anilines is 1. The minimum atomic E-state index is -4.12. The summed E-state index contributed by atoms with van der Waals surface area (Å²) < 4.78 is 41.6. The van der Waals surface area contributed by atoms with Gasteiger partial charge in [0.25, 0.3) is 0 Å². The highest BCUT2D eigenvalue weighted by atomic mass is 35.5. The predicted octanol–water partition coefficient (Wildman–Crippen LogP) is 1.89. The van der Waals surface area contributed by atoms with Gasteiger partial charge in [-0.3, -0.25) is 14.3 Å². The maximum Gasteiger partial charge on any atom is 0.240 e. The van der Waals surface area contributed by atoms with Crippen LogP contribution in [0.3, 0.4) is 0 Å². The number of pyridine rings is 1. The van der Waals surface area contributed by atoms with Crippen LogP contribution >= 0.6 is 11.6 Å². The summed E-state index contributed by atoms with van der Waals surface area (Å²) in [7, 11) is 0.254. The molecule has 0 aromatic carbocycles. The summed E-state index contributed by atoms with van der Waals surface area (Å²) in [6.07, 6.45) is 2.81. The van der Waals surface area contributed by atoms with Crippen LogP contribution in [0.25, 0.3) is 11.5 Å². The van der Waals surface area contributed by atoms with Gasteiger partial charge in [-0.1, -0.05) is 17.7 Å². The van der Waals surface area contributed by atoms with Gasteiger partial charge in [0.1, 0.15) is 22.9 Å².